The number of hydrogen-bond donors (Lipinski definition) is 1. The van der Waals surface area contributed by atoms with Crippen LogP contribution in [-0.4, -0.2) is 30.2 Å². The fraction of sp³-hybridized carbons (Fsp3) is 0.385. The number of benzene rings is 1. The summed E-state index contributed by atoms with van der Waals surface area (Å²) >= 11 is 0. The van der Waals surface area contributed by atoms with Crippen LogP contribution in [0.5, 0.6) is 0 Å². The van der Waals surface area contributed by atoms with Crippen molar-refractivity contribution in [3.63, 3.8) is 0 Å². The first-order valence-corrected chi connectivity index (χ1v) is 5.09. The van der Waals surface area contributed by atoms with Gasteiger partial charge in [0.1, 0.15) is 0 Å². The van der Waals surface area contributed by atoms with E-state index >= 15 is 0 Å². The molecule has 0 spiro atoms. The normalized spacial score (nSPS) is 12.4. The Morgan fingerprint density at radius 1 is 1.40 bits per heavy atom. The molecule has 2 heteroatoms. The molecule has 15 heavy (non-hydrogen) atoms. The van der Waals surface area contributed by atoms with Crippen LogP contribution in [0, 0.1) is 12.3 Å². The standard InChI is InChI=1S/C13H17NO/c1-3-10-14(2)13(9-11-15)12-7-5-4-6-8-12/h1,4-8,13,15H,9-11H2,2H3/t13-/m0/s1. The summed E-state index contributed by atoms with van der Waals surface area (Å²) < 4.78 is 0. The third kappa shape index (κ3) is 3.39. The Kier molecular flexibility index (Phi) is 4.89. The fourth-order valence-electron chi connectivity index (χ4n) is 1.69. The van der Waals surface area contributed by atoms with Crippen molar-refractivity contribution in [2.45, 2.75) is 12.5 Å². The van der Waals surface area contributed by atoms with Crippen LogP contribution in [0.3, 0.4) is 0 Å². The van der Waals surface area contributed by atoms with E-state index in [1.807, 2.05) is 25.2 Å². The topological polar surface area (TPSA) is 23.5 Å². The van der Waals surface area contributed by atoms with Gasteiger partial charge in [0, 0.05) is 12.6 Å². The van der Waals surface area contributed by atoms with Crippen molar-refractivity contribution >= 4 is 0 Å². The van der Waals surface area contributed by atoms with Gasteiger partial charge in [-0.25, -0.2) is 0 Å². The van der Waals surface area contributed by atoms with E-state index in [2.05, 4.69) is 23.0 Å². The van der Waals surface area contributed by atoms with E-state index in [-0.39, 0.29) is 12.6 Å². The van der Waals surface area contributed by atoms with E-state index in [1.54, 1.807) is 0 Å². The van der Waals surface area contributed by atoms with Gasteiger partial charge in [-0.1, -0.05) is 36.3 Å². The zero-order chi connectivity index (χ0) is 11.1. The maximum absolute atomic E-state index is 9.04. The Hall–Kier alpha value is -1.30. The van der Waals surface area contributed by atoms with Gasteiger partial charge in [0.2, 0.25) is 0 Å². The smallest absolute Gasteiger partial charge is 0.0601 e. The summed E-state index contributed by atoms with van der Waals surface area (Å²) in [4.78, 5) is 2.07. The van der Waals surface area contributed by atoms with Gasteiger partial charge in [-0.05, 0) is 19.0 Å². The average Bonchev–Trinajstić information content (AvgIpc) is 2.27. The van der Waals surface area contributed by atoms with Crippen LogP contribution in [0.15, 0.2) is 30.3 Å². The van der Waals surface area contributed by atoms with Crippen LogP contribution in [0.1, 0.15) is 18.0 Å². The SMILES string of the molecule is C#CCN(C)[C@@H](CCO)c1ccccc1. The predicted molar refractivity (Wildman–Crippen MR) is 62.3 cm³/mol. The molecule has 1 N–H and O–H groups in total. The molecule has 1 aromatic carbocycles. The molecule has 2 nitrogen and oxygen atoms in total. The lowest BCUT2D eigenvalue weighted by molar-refractivity contribution is 0.200. The molecule has 0 bridgehead atoms. The van der Waals surface area contributed by atoms with E-state index in [0.29, 0.717) is 13.0 Å². The lowest BCUT2D eigenvalue weighted by Gasteiger charge is -2.26. The van der Waals surface area contributed by atoms with Gasteiger partial charge >= 0.3 is 0 Å². The van der Waals surface area contributed by atoms with Crippen LogP contribution in [0.2, 0.25) is 0 Å². The van der Waals surface area contributed by atoms with Crippen molar-refractivity contribution in [1.29, 1.82) is 0 Å². The number of aliphatic hydroxyl groups excluding tert-OH is 1. The number of nitrogens with zero attached hydrogens (tertiary/aromatic N) is 1. The van der Waals surface area contributed by atoms with Gasteiger partial charge in [-0.15, -0.1) is 6.42 Å². The maximum Gasteiger partial charge on any atom is 0.0601 e. The molecule has 0 aliphatic carbocycles. The second-order valence-corrected chi connectivity index (χ2v) is 3.56. The summed E-state index contributed by atoms with van der Waals surface area (Å²) in [5.41, 5.74) is 1.20. The lowest BCUT2D eigenvalue weighted by atomic mass is 10.0. The highest BCUT2D eigenvalue weighted by Crippen LogP contribution is 2.21. The second kappa shape index (κ2) is 6.23. The van der Waals surface area contributed by atoms with Gasteiger partial charge in [0.15, 0.2) is 0 Å². The lowest BCUT2D eigenvalue weighted by Crippen LogP contribution is -2.25. The van der Waals surface area contributed by atoms with Crippen molar-refractivity contribution in [2.24, 2.45) is 0 Å². The molecule has 1 rings (SSSR count). The Morgan fingerprint density at radius 3 is 2.60 bits per heavy atom. The quantitative estimate of drug-likeness (QED) is 0.736. The van der Waals surface area contributed by atoms with Crippen LogP contribution in [-0.2, 0) is 0 Å². The Bertz CT molecular complexity index is 315. The van der Waals surface area contributed by atoms with Crippen LogP contribution < -0.4 is 0 Å². The molecule has 0 aliphatic rings. The third-order valence-corrected chi connectivity index (χ3v) is 2.46. The fourth-order valence-corrected chi connectivity index (χ4v) is 1.69. The minimum atomic E-state index is 0.175. The zero-order valence-electron chi connectivity index (χ0n) is 9.06. The summed E-state index contributed by atoms with van der Waals surface area (Å²) in [6.45, 7) is 0.772. The summed E-state index contributed by atoms with van der Waals surface area (Å²) in [5.74, 6) is 2.62. The summed E-state index contributed by atoms with van der Waals surface area (Å²) in [6, 6.07) is 10.3. The first kappa shape index (κ1) is 11.8. The number of aliphatic hydroxyl groups is 1. The molecule has 0 heterocycles. The minimum Gasteiger partial charge on any atom is -0.396 e. The molecule has 0 aliphatic heterocycles. The van der Waals surface area contributed by atoms with Crippen LogP contribution in [0.25, 0.3) is 0 Å². The van der Waals surface area contributed by atoms with Gasteiger partial charge in [-0.2, -0.15) is 0 Å². The van der Waals surface area contributed by atoms with Crippen molar-refractivity contribution in [2.75, 3.05) is 20.2 Å². The number of terminal acetylenes is 1. The summed E-state index contributed by atoms with van der Waals surface area (Å²) in [5, 5.41) is 9.04. The van der Waals surface area contributed by atoms with Crippen molar-refractivity contribution in [1.82, 2.24) is 4.90 Å². The highest BCUT2D eigenvalue weighted by atomic mass is 16.3. The molecular weight excluding hydrogens is 186 g/mol. The molecule has 0 amide bonds. The Labute approximate surface area is 91.5 Å². The summed E-state index contributed by atoms with van der Waals surface area (Å²) in [7, 11) is 1.98. The van der Waals surface area contributed by atoms with Crippen molar-refractivity contribution in [3.8, 4) is 12.3 Å². The highest BCUT2D eigenvalue weighted by molar-refractivity contribution is 5.19. The second-order valence-electron chi connectivity index (χ2n) is 3.56. The van der Waals surface area contributed by atoms with E-state index in [1.165, 1.54) is 5.56 Å². The van der Waals surface area contributed by atoms with Crippen LogP contribution in [0.4, 0.5) is 0 Å². The largest absolute Gasteiger partial charge is 0.396 e. The minimum absolute atomic E-state index is 0.175. The average molecular weight is 203 g/mol. The molecule has 80 valence electrons. The molecule has 1 atom stereocenters. The molecule has 1 aromatic rings. The van der Waals surface area contributed by atoms with Gasteiger partial charge in [-0.3, -0.25) is 4.90 Å². The van der Waals surface area contributed by atoms with Gasteiger partial charge < -0.3 is 5.11 Å². The van der Waals surface area contributed by atoms with Crippen LogP contribution >= 0.6 is 0 Å². The Morgan fingerprint density at radius 2 is 2.07 bits per heavy atom. The van der Waals surface area contributed by atoms with Crippen molar-refractivity contribution < 1.29 is 5.11 Å². The third-order valence-electron chi connectivity index (χ3n) is 2.46. The van der Waals surface area contributed by atoms with E-state index < -0.39 is 0 Å². The first-order valence-electron chi connectivity index (χ1n) is 5.09. The van der Waals surface area contributed by atoms with Crippen molar-refractivity contribution in [3.05, 3.63) is 35.9 Å². The van der Waals surface area contributed by atoms with Gasteiger partial charge in [0.05, 0.1) is 6.54 Å². The maximum atomic E-state index is 9.04. The Balaban J connectivity index is 2.79. The molecule has 0 fully saturated rings. The molecule has 0 unspecified atom stereocenters. The molecule has 0 aromatic heterocycles. The van der Waals surface area contributed by atoms with E-state index in [9.17, 15) is 0 Å². The molecule has 0 saturated carbocycles. The monoisotopic (exact) mass is 203 g/mol. The number of rotatable bonds is 5. The predicted octanol–water partition coefficient (Wildman–Crippen LogP) is 1.68. The zero-order valence-corrected chi connectivity index (χ0v) is 9.06. The highest BCUT2D eigenvalue weighted by Gasteiger charge is 2.14. The van der Waals surface area contributed by atoms with E-state index in [4.69, 9.17) is 11.5 Å². The molecular formula is C13H17NO. The molecule has 0 saturated heterocycles. The molecule has 0 radical (unpaired) electrons. The first-order chi connectivity index (χ1) is 7.29. The number of hydrogen-bond acceptors (Lipinski definition) is 2. The van der Waals surface area contributed by atoms with Gasteiger partial charge in [0.25, 0.3) is 0 Å². The summed E-state index contributed by atoms with van der Waals surface area (Å²) in [6.07, 6.45) is 6.00. The van der Waals surface area contributed by atoms with E-state index in [0.717, 1.165) is 0 Å².